The molecule has 34 heavy (non-hydrogen) atoms. The largest absolute Gasteiger partial charge is 0.318 e. The number of carbonyl (C=O) groups excluding carboxylic acids is 2. The molecule has 2 heterocycles. The van der Waals surface area contributed by atoms with Crippen LogP contribution in [0.4, 0.5) is 5.69 Å². The summed E-state index contributed by atoms with van der Waals surface area (Å²) in [5.74, 6) is -0.513. The van der Waals surface area contributed by atoms with Gasteiger partial charge in [0.15, 0.2) is 0 Å². The molecule has 0 saturated heterocycles. The van der Waals surface area contributed by atoms with Gasteiger partial charge in [0.25, 0.3) is 11.8 Å². The van der Waals surface area contributed by atoms with E-state index in [-0.39, 0.29) is 18.4 Å². The maximum atomic E-state index is 12.9. The SMILES string of the molecule is Cc1ccc(C)c(-n2c(C)cc(/C=N/NC(=O)CN3C(=O)c4cccc5cccc3c45)c2C)c1. The molecule has 1 aliphatic heterocycles. The van der Waals surface area contributed by atoms with Crippen molar-refractivity contribution < 1.29 is 9.59 Å². The van der Waals surface area contributed by atoms with Gasteiger partial charge in [-0.15, -0.1) is 0 Å². The molecular weight excluding hydrogens is 424 g/mol. The molecule has 0 saturated carbocycles. The van der Waals surface area contributed by atoms with Crippen molar-refractivity contribution in [1.82, 2.24) is 9.99 Å². The summed E-state index contributed by atoms with van der Waals surface area (Å²) in [6.07, 6.45) is 1.66. The van der Waals surface area contributed by atoms with Gasteiger partial charge in [-0.25, -0.2) is 5.43 Å². The van der Waals surface area contributed by atoms with Gasteiger partial charge in [0, 0.05) is 33.6 Å². The summed E-state index contributed by atoms with van der Waals surface area (Å²) in [4.78, 5) is 27.0. The lowest BCUT2D eigenvalue weighted by Crippen LogP contribution is -2.37. The number of hydrazone groups is 1. The summed E-state index contributed by atoms with van der Waals surface area (Å²) >= 11 is 0. The van der Waals surface area contributed by atoms with Crippen LogP contribution in [0.2, 0.25) is 0 Å². The molecule has 0 bridgehead atoms. The van der Waals surface area contributed by atoms with Crippen LogP contribution in [0, 0.1) is 27.7 Å². The number of hydrogen-bond acceptors (Lipinski definition) is 3. The summed E-state index contributed by atoms with van der Waals surface area (Å²) in [7, 11) is 0. The van der Waals surface area contributed by atoms with E-state index < -0.39 is 0 Å². The minimum absolute atomic E-state index is 0.0918. The molecule has 3 aromatic carbocycles. The highest BCUT2D eigenvalue weighted by Gasteiger charge is 2.30. The Bertz CT molecular complexity index is 1490. The third-order valence-electron chi connectivity index (χ3n) is 6.42. The van der Waals surface area contributed by atoms with Crippen molar-refractivity contribution in [1.29, 1.82) is 0 Å². The fourth-order valence-electron chi connectivity index (χ4n) is 4.74. The summed E-state index contributed by atoms with van der Waals surface area (Å²) < 4.78 is 2.20. The second kappa shape index (κ2) is 8.30. The molecule has 0 aliphatic carbocycles. The van der Waals surface area contributed by atoms with Gasteiger partial charge >= 0.3 is 0 Å². The van der Waals surface area contributed by atoms with Gasteiger partial charge in [-0.05, 0) is 68.5 Å². The van der Waals surface area contributed by atoms with Crippen molar-refractivity contribution in [3.63, 3.8) is 0 Å². The monoisotopic (exact) mass is 450 g/mol. The first-order chi connectivity index (χ1) is 16.3. The van der Waals surface area contributed by atoms with Crippen LogP contribution in [0.5, 0.6) is 0 Å². The number of anilines is 1. The number of rotatable bonds is 5. The molecule has 170 valence electrons. The third kappa shape index (κ3) is 3.57. The molecule has 6 nitrogen and oxygen atoms in total. The maximum absolute atomic E-state index is 12.9. The van der Waals surface area contributed by atoms with Gasteiger partial charge in [-0.1, -0.05) is 36.4 Å². The predicted molar refractivity (Wildman–Crippen MR) is 136 cm³/mol. The number of amides is 2. The van der Waals surface area contributed by atoms with E-state index in [1.807, 2.05) is 43.3 Å². The fraction of sp³-hybridized carbons (Fsp3) is 0.179. The van der Waals surface area contributed by atoms with Gasteiger partial charge in [0.1, 0.15) is 6.54 Å². The first kappa shape index (κ1) is 21.6. The standard InChI is InChI=1S/C28H26N4O2/c1-17-11-12-18(2)25(13-17)32-19(3)14-22(20(32)4)15-29-30-26(33)16-31-24-10-6-8-21-7-5-9-23(27(21)24)28(31)34/h5-15H,16H2,1-4H3,(H,30,33)/b29-15+. The molecule has 0 unspecified atom stereocenters. The number of nitrogens with zero attached hydrogens (tertiary/aromatic N) is 3. The number of benzene rings is 3. The van der Waals surface area contributed by atoms with Crippen LogP contribution in [-0.2, 0) is 4.79 Å². The average Bonchev–Trinajstić information content (AvgIpc) is 3.25. The van der Waals surface area contributed by atoms with E-state index in [0.29, 0.717) is 5.56 Å². The van der Waals surface area contributed by atoms with Crippen LogP contribution in [0.25, 0.3) is 16.5 Å². The molecule has 5 rings (SSSR count). The van der Waals surface area contributed by atoms with Gasteiger partial charge < -0.3 is 4.57 Å². The summed E-state index contributed by atoms with van der Waals surface area (Å²) in [5.41, 5.74) is 10.6. The zero-order chi connectivity index (χ0) is 24.0. The first-order valence-corrected chi connectivity index (χ1v) is 11.3. The highest BCUT2D eigenvalue weighted by Crippen LogP contribution is 2.36. The van der Waals surface area contributed by atoms with Crippen molar-refractivity contribution in [2.45, 2.75) is 27.7 Å². The molecule has 0 radical (unpaired) electrons. The van der Waals surface area contributed by atoms with E-state index in [1.54, 1.807) is 12.3 Å². The lowest BCUT2D eigenvalue weighted by atomic mass is 10.1. The Morgan fingerprint density at radius 2 is 1.74 bits per heavy atom. The summed E-state index contributed by atoms with van der Waals surface area (Å²) in [6, 6.07) is 19.8. The van der Waals surface area contributed by atoms with Crippen LogP contribution in [0.1, 0.15) is 38.4 Å². The zero-order valence-corrected chi connectivity index (χ0v) is 19.7. The molecule has 4 aromatic rings. The molecule has 0 atom stereocenters. The Morgan fingerprint density at radius 3 is 2.53 bits per heavy atom. The lowest BCUT2D eigenvalue weighted by molar-refractivity contribution is -0.119. The third-order valence-corrected chi connectivity index (χ3v) is 6.42. The minimum Gasteiger partial charge on any atom is -0.318 e. The van der Waals surface area contributed by atoms with Gasteiger partial charge in [0.2, 0.25) is 0 Å². The van der Waals surface area contributed by atoms with E-state index >= 15 is 0 Å². The second-order valence-electron chi connectivity index (χ2n) is 8.82. The molecule has 1 aromatic heterocycles. The average molecular weight is 451 g/mol. The Kier molecular flexibility index (Phi) is 5.28. The number of aryl methyl sites for hydroxylation is 3. The molecule has 0 spiro atoms. The number of carbonyl (C=O) groups is 2. The molecule has 0 fully saturated rings. The van der Waals surface area contributed by atoms with Gasteiger partial charge in [0.05, 0.1) is 11.9 Å². The lowest BCUT2D eigenvalue weighted by Gasteiger charge is -2.16. The van der Waals surface area contributed by atoms with Crippen molar-refractivity contribution >= 4 is 34.5 Å². The molecule has 1 N–H and O–H groups in total. The number of hydrogen-bond donors (Lipinski definition) is 1. The molecule has 1 aliphatic rings. The van der Waals surface area contributed by atoms with Crippen LogP contribution in [0.3, 0.4) is 0 Å². The highest BCUT2D eigenvalue weighted by molar-refractivity contribution is 6.26. The second-order valence-corrected chi connectivity index (χ2v) is 8.82. The van der Waals surface area contributed by atoms with Crippen LogP contribution >= 0.6 is 0 Å². The summed E-state index contributed by atoms with van der Waals surface area (Å²) in [6.45, 7) is 8.19. The quantitative estimate of drug-likeness (QED) is 0.344. The van der Waals surface area contributed by atoms with Crippen LogP contribution < -0.4 is 10.3 Å². The van der Waals surface area contributed by atoms with E-state index in [9.17, 15) is 9.59 Å². The van der Waals surface area contributed by atoms with Crippen molar-refractivity contribution in [2.75, 3.05) is 11.4 Å². The van der Waals surface area contributed by atoms with Gasteiger partial charge in [-0.2, -0.15) is 5.10 Å². The maximum Gasteiger partial charge on any atom is 0.260 e. The van der Waals surface area contributed by atoms with Gasteiger partial charge in [-0.3, -0.25) is 14.5 Å². The van der Waals surface area contributed by atoms with E-state index in [4.69, 9.17) is 0 Å². The first-order valence-electron chi connectivity index (χ1n) is 11.3. The van der Waals surface area contributed by atoms with Crippen LogP contribution in [-0.4, -0.2) is 29.1 Å². The fourth-order valence-corrected chi connectivity index (χ4v) is 4.74. The molecular formula is C28H26N4O2. The highest BCUT2D eigenvalue weighted by atomic mass is 16.2. The van der Waals surface area contributed by atoms with E-state index in [2.05, 4.69) is 54.1 Å². The topological polar surface area (TPSA) is 66.7 Å². The predicted octanol–water partition coefficient (Wildman–Crippen LogP) is 4.97. The number of nitrogens with one attached hydrogen (secondary N) is 1. The Morgan fingerprint density at radius 1 is 0.971 bits per heavy atom. The smallest absolute Gasteiger partial charge is 0.260 e. The zero-order valence-electron chi connectivity index (χ0n) is 19.7. The Balaban J connectivity index is 1.32. The minimum atomic E-state index is -0.349. The normalized spacial score (nSPS) is 12.8. The molecule has 6 heteroatoms. The van der Waals surface area contributed by atoms with Crippen molar-refractivity contribution in [2.24, 2.45) is 5.10 Å². The number of aromatic nitrogens is 1. The van der Waals surface area contributed by atoms with Crippen molar-refractivity contribution in [3.05, 3.63) is 94.3 Å². The summed E-state index contributed by atoms with van der Waals surface area (Å²) in [5, 5.41) is 6.06. The van der Waals surface area contributed by atoms with E-state index in [0.717, 1.165) is 39.1 Å². The van der Waals surface area contributed by atoms with Crippen LogP contribution in [0.15, 0.2) is 65.8 Å². The van der Waals surface area contributed by atoms with Crippen molar-refractivity contribution in [3.8, 4) is 5.69 Å². The Labute approximate surface area is 198 Å². The van der Waals surface area contributed by atoms with E-state index in [1.165, 1.54) is 16.0 Å². The molecule has 2 amide bonds. The Hall–Kier alpha value is -4.19.